The molecule has 0 spiro atoms. The Kier molecular flexibility index (Phi) is 4.38. The molecule has 3 heteroatoms. The Bertz CT molecular complexity index is 541. The zero-order valence-corrected chi connectivity index (χ0v) is 12.3. The van der Waals surface area contributed by atoms with E-state index in [9.17, 15) is 4.79 Å². The molecule has 0 fully saturated rings. The van der Waals surface area contributed by atoms with Crippen molar-refractivity contribution in [3.05, 3.63) is 41.5 Å². The third-order valence-electron chi connectivity index (χ3n) is 3.42. The Morgan fingerprint density at radius 2 is 1.95 bits per heavy atom. The minimum absolute atomic E-state index is 0.250. The standard InChI is InChI=1S/C17H21NO2/c1-4-5-11-20-16(19)15-14(12-18-17(15,2)3)13-9-7-6-8-10-13/h6-10,12H,4-5,11H2,1-3H3. The fraction of sp³-hybridized carbons (Fsp3) is 0.412. The van der Waals surface area contributed by atoms with Crippen LogP contribution in [0.2, 0.25) is 0 Å². The Labute approximate surface area is 120 Å². The van der Waals surface area contributed by atoms with Crippen LogP contribution in [0.15, 0.2) is 40.9 Å². The van der Waals surface area contributed by atoms with Crippen molar-refractivity contribution in [3.8, 4) is 0 Å². The number of benzene rings is 1. The van der Waals surface area contributed by atoms with Crippen LogP contribution in [-0.4, -0.2) is 24.3 Å². The summed E-state index contributed by atoms with van der Waals surface area (Å²) in [6, 6.07) is 9.85. The predicted molar refractivity (Wildman–Crippen MR) is 81.8 cm³/mol. The van der Waals surface area contributed by atoms with Crippen molar-refractivity contribution in [2.75, 3.05) is 6.61 Å². The summed E-state index contributed by atoms with van der Waals surface area (Å²) in [6.07, 6.45) is 3.69. The van der Waals surface area contributed by atoms with Crippen LogP contribution in [0.25, 0.3) is 5.57 Å². The summed E-state index contributed by atoms with van der Waals surface area (Å²) in [5.74, 6) is -0.250. The third kappa shape index (κ3) is 2.98. The van der Waals surface area contributed by atoms with E-state index in [4.69, 9.17) is 4.74 Å². The molecule has 1 heterocycles. The highest BCUT2D eigenvalue weighted by Crippen LogP contribution is 2.34. The van der Waals surface area contributed by atoms with Crippen LogP contribution in [-0.2, 0) is 9.53 Å². The van der Waals surface area contributed by atoms with E-state index in [-0.39, 0.29) is 5.97 Å². The Balaban J connectivity index is 2.31. The number of nitrogens with zero attached hydrogens (tertiary/aromatic N) is 1. The molecule has 0 radical (unpaired) electrons. The number of carbonyl (C=O) groups excluding carboxylic acids is 1. The largest absolute Gasteiger partial charge is 0.462 e. The lowest BCUT2D eigenvalue weighted by atomic mass is 9.91. The van der Waals surface area contributed by atoms with E-state index in [0.717, 1.165) is 24.0 Å². The van der Waals surface area contributed by atoms with Crippen molar-refractivity contribution in [1.82, 2.24) is 0 Å². The number of hydrogen-bond acceptors (Lipinski definition) is 3. The first kappa shape index (κ1) is 14.5. The van der Waals surface area contributed by atoms with Gasteiger partial charge in [-0.2, -0.15) is 0 Å². The van der Waals surface area contributed by atoms with Gasteiger partial charge in [-0.25, -0.2) is 4.79 Å². The molecule has 1 aromatic rings. The number of aliphatic imine (C=N–C) groups is 1. The van der Waals surface area contributed by atoms with Crippen LogP contribution in [0.1, 0.15) is 39.2 Å². The lowest BCUT2D eigenvalue weighted by Gasteiger charge is -2.19. The monoisotopic (exact) mass is 271 g/mol. The van der Waals surface area contributed by atoms with E-state index < -0.39 is 5.54 Å². The van der Waals surface area contributed by atoms with Crippen LogP contribution in [0, 0.1) is 0 Å². The van der Waals surface area contributed by atoms with Gasteiger partial charge in [-0.1, -0.05) is 43.7 Å². The molecule has 3 nitrogen and oxygen atoms in total. The first-order chi connectivity index (χ1) is 9.56. The minimum atomic E-state index is -0.519. The van der Waals surface area contributed by atoms with Gasteiger partial charge in [-0.3, -0.25) is 4.99 Å². The zero-order chi connectivity index (χ0) is 14.6. The SMILES string of the molecule is CCCCOC(=O)C1=C(c2ccccc2)C=NC1(C)C. The van der Waals surface area contributed by atoms with Crippen molar-refractivity contribution in [1.29, 1.82) is 0 Å². The second-order valence-electron chi connectivity index (χ2n) is 5.46. The fourth-order valence-corrected chi connectivity index (χ4v) is 2.26. The molecule has 0 N–H and O–H groups in total. The van der Waals surface area contributed by atoms with Crippen LogP contribution >= 0.6 is 0 Å². The smallest absolute Gasteiger partial charge is 0.337 e. The number of hydrogen-bond donors (Lipinski definition) is 0. The van der Waals surface area contributed by atoms with Crippen molar-refractivity contribution in [3.63, 3.8) is 0 Å². The molecule has 2 rings (SSSR count). The first-order valence-corrected chi connectivity index (χ1v) is 7.09. The Morgan fingerprint density at radius 1 is 1.25 bits per heavy atom. The highest BCUT2D eigenvalue weighted by molar-refractivity contribution is 6.21. The lowest BCUT2D eigenvalue weighted by molar-refractivity contribution is -0.139. The molecular formula is C17H21NO2. The van der Waals surface area contributed by atoms with Gasteiger partial charge in [0.25, 0.3) is 0 Å². The summed E-state index contributed by atoms with van der Waals surface area (Å²) >= 11 is 0. The third-order valence-corrected chi connectivity index (χ3v) is 3.42. The van der Waals surface area contributed by atoms with Gasteiger partial charge in [-0.05, 0) is 25.8 Å². The molecule has 0 amide bonds. The molecule has 0 aromatic heterocycles. The highest BCUT2D eigenvalue weighted by Gasteiger charge is 2.36. The molecule has 0 saturated carbocycles. The van der Waals surface area contributed by atoms with Gasteiger partial charge in [0, 0.05) is 11.8 Å². The normalized spacial score (nSPS) is 16.6. The minimum Gasteiger partial charge on any atom is -0.462 e. The van der Waals surface area contributed by atoms with Crippen molar-refractivity contribution in [2.24, 2.45) is 4.99 Å². The molecule has 106 valence electrons. The van der Waals surface area contributed by atoms with Gasteiger partial charge >= 0.3 is 5.97 Å². The molecule has 0 aliphatic carbocycles. The van der Waals surface area contributed by atoms with Crippen LogP contribution in [0.4, 0.5) is 0 Å². The molecule has 1 aliphatic heterocycles. The van der Waals surface area contributed by atoms with Crippen molar-refractivity contribution in [2.45, 2.75) is 39.2 Å². The maximum atomic E-state index is 12.4. The van der Waals surface area contributed by atoms with Crippen molar-refractivity contribution < 1.29 is 9.53 Å². The molecule has 20 heavy (non-hydrogen) atoms. The summed E-state index contributed by atoms with van der Waals surface area (Å²) in [5, 5.41) is 0. The van der Waals surface area contributed by atoms with Gasteiger partial charge < -0.3 is 4.74 Å². The second-order valence-corrected chi connectivity index (χ2v) is 5.46. The fourth-order valence-electron chi connectivity index (χ4n) is 2.26. The maximum Gasteiger partial charge on any atom is 0.337 e. The molecule has 0 atom stereocenters. The van der Waals surface area contributed by atoms with E-state index in [0.29, 0.717) is 12.2 Å². The number of carbonyl (C=O) groups is 1. The van der Waals surface area contributed by atoms with E-state index >= 15 is 0 Å². The first-order valence-electron chi connectivity index (χ1n) is 7.09. The number of unbranched alkanes of at least 4 members (excludes halogenated alkanes) is 1. The Hall–Kier alpha value is -1.90. The van der Waals surface area contributed by atoms with Crippen LogP contribution in [0.5, 0.6) is 0 Å². The highest BCUT2D eigenvalue weighted by atomic mass is 16.5. The van der Waals surface area contributed by atoms with E-state index in [1.165, 1.54) is 0 Å². The second kappa shape index (κ2) is 6.04. The van der Waals surface area contributed by atoms with Gasteiger partial charge in [0.05, 0.1) is 17.7 Å². The van der Waals surface area contributed by atoms with Gasteiger partial charge in [0.15, 0.2) is 0 Å². The van der Waals surface area contributed by atoms with E-state index in [1.807, 2.05) is 44.2 Å². The van der Waals surface area contributed by atoms with Crippen LogP contribution < -0.4 is 0 Å². The number of ether oxygens (including phenoxy) is 1. The topological polar surface area (TPSA) is 38.7 Å². The summed E-state index contributed by atoms with van der Waals surface area (Å²) in [7, 11) is 0. The van der Waals surface area contributed by atoms with E-state index in [1.54, 1.807) is 6.21 Å². The molecule has 0 unspecified atom stereocenters. The number of esters is 1. The maximum absolute atomic E-state index is 12.4. The average Bonchev–Trinajstić information content (AvgIpc) is 2.75. The average molecular weight is 271 g/mol. The predicted octanol–water partition coefficient (Wildman–Crippen LogP) is 3.65. The lowest BCUT2D eigenvalue weighted by Crippen LogP contribution is -2.26. The molecular weight excluding hydrogens is 250 g/mol. The summed E-state index contributed by atoms with van der Waals surface area (Å²) in [5.41, 5.74) is 2.01. The number of rotatable bonds is 5. The summed E-state index contributed by atoms with van der Waals surface area (Å²) in [4.78, 5) is 16.8. The van der Waals surface area contributed by atoms with E-state index in [2.05, 4.69) is 11.9 Å². The van der Waals surface area contributed by atoms with Gasteiger partial charge in [0.2, 0.25) is 0 Å². The Morgan fingerprint density at radius 3 is 2.60 bits per heavy atom. The summed E-state index contributed by atoms with van der Waals surface area (Å²) < 4.78 is 5.38. The molecule has 1 aromatic carbocycles. The van der Waals surface area contributed by atoms with Crippen LogP contribution in [0.3, 0.4) is 0 Å². The zero-order valence-electron chi connectivity index (χ0n) is 12.3. The summed E-state index contributed by atoms with van der Waals surface area (Å²) in [6.45, 7) is 6.42. The van der Waals surface area contributed by atoms with Gasteiger partial charge in [-0.15, -0.1) is 0 Å². The van der Waals surface area contributed by atoms with Gasteiger partial charge in [0.1, 0.15) is 0 Å². The van der Waals surface area contributed by atoms with Crippen molar-refractivity contribution >= 4 is 17.8 Å². The quantitative estimate of drug-likeness (QED) is 0.605. The molecule has 0 bridgehead atoms. The molecule has 1 aliphatic rings. The number of allylic oxidation sites excluding steroid dienone is 1. The molecule has 0 saturated heterocycles.